The average Bonchev–Trinajstić information content (AvgIpc) is 2.38. The number of hydrogen-bond acceptors (Lipinski definition) is 5. The zero-order valence-electron chi connectivity index (χ0n) is 11.8. The Balaban J connectivity index is 3.43. The van der Waals surface area contributed by atoms with Crippen molar-refractivity contribution in [2.45, 2.75) is 51.9 Å². The van der Waals surface area contributed by atoms with Gasteiger partial charge in [0.15, 0.2) is 0 Å². The molecule has 0 amide bonds. The molecule has 0 aromatic carbocycles. The number of aliphatic hydroxyl groups excluding tert-OH is 2. The monoisotopic (exact) mass is 264 g/mol. The summed E-state index contributed by atoms with van der Waals surface area (Å²) < 4.78 is 16.0. The van der Waals surface area contributed by atoms with Crippen LogP contribution in [0.15, 0.2) is 0 Å². The molecule has 0 aliphatic rings. The zero-order chi connectivity index (χ0) is 13.8. The van der Waals surface area contributed by atoms with Crippen molar-refractivity contribution >= 4 is 0 Å². The van der Waals surface area contributed by atoms with Crippen LogP contribution in [0.25, 0.3) is 0 Å². The van der Waals surface area contributed by atoms with Crippen molar-refractivity contribution in [3.63, 3.8) is 0 Å². The Morgan fingerprint density at radius 3 is 2.28 bits per heavy atom. The smallest absolute Gasteiger partial charge is 0.101 e. The summed E-state index contributed by atoms with van der Waals surface area (Å²) >= 11 is 0. The fraction of sp³-hybridized carbons (Fsp3) is 1.00. The molecule has 3 atom stereocenters. The highest BCUT2D eigenvalue weighted by atomic mass is 16.5. The molecule has 0 radical (unpaired) electrons. The van der Waals surface area contributed by atoms with Crippen molar-refractivity contribution in [1.82, 2.24) is 0 Å². The molecule has 0 heterocycles. The summed E-state index contributed by atoms with van der Waals surface area (Å²) in [6.07, 6.45) is 1.21. The summed E-state index contributed by atoms with van der Waals surface area (Å²) in [5, 5.41) is 18.4. The number of hydrogen-bond donors (Lipinski definition) is 2. The summed E-state index contributed by atoms with van der Waals surface area (Å²) in [4.78, 5) is 0. The zero-order valence-corrected chi connectivity index (χ0v) is 11.8. The van der Waals surface area contributed by atoms with Crippen LogP contribution in [-0.2, 0) is 14.2 Å². The molecule has 0 bridgehead atoms. The Morgan fingerprint density at radius 2 is 1.67 bits per heavy atom. The molecule has 0 saturated heterocycles. The normalized spacial score (nSPS) is 16.5. The molecule has 0 aliphatic carbocycles. The Morgan fingerprint density at radius 1 is 1.00 bits per heavy atom. The lowest BCUT2D eigenvalue weighted by Crippen LogP contribution is -2.28. The molecule has 3 unspecified atom stereocenters. The highest BCUT2D eigenvalue weighted by Gasteiger charge is 2.10. The molecular formula is C13H28O5. The van der Waals surface area contributed by atoms with Crippen LogP contribution in [-0.4, -0.2) is 61.6 Å². The minimum Gasteiger partial charge on any atom is -0.394 e. The van der Waals surface area contributed by atoms with E-state index >= 15 is 0 Å². The van der Waals surface area contributed by atoms with Gasteiger partial charge in [0.1, 0.15) is 6.10 Å². The van der Waals surface area contributed by atoms with E-state index in [0.29, 0.717) is 19.8 Å². The van der Waals surface area contributed by atoms with Crippen LogP contribution >= 0.6 is 0 Å². The lowest BCUT2D eigenvalue weighted by atomic mass is 10.3. The minimum atomic E-state index is -0.598. The van der Waals surface area contributed by atoms with Gasteiger partial charge in [-0.2, -0.15) is 0 Å². The van der Waals surface area contributed by atoms with Crippen LogP contribution in [0.5, 0.6) is 0 Å². The predicted molar refractivity (Wildman–Crippen MR) is 69.6 cm³/mol. The maximum absolute atomic E-state index is 9.59. The molecule has 5 heteroatoms. The van der Waals surface area contributed by atoms with E-state index in [4.69, 9.17) is 19.3 Å². The highest BCUT2D eigenvalue weighted by molar-refractivity contribution is 4.56. The molecule has 2 N–H and O–H groups in total. The van der Waals surface area contributed by atoms with Crippen LogP contribution in [0.3, 0.4) is 0 Å². The lowest BCUT2D eigenvalue weighted by Gasteiger charge is -2.18. The second-order valence-electron chi connectivity index (χ2n) is 4.55. The van der Waals surface area contributed by atoms with Gasteiger partial charge in [-0.3, -0.25) is 0 Å². The molecule has 0 aliphatic heterocycles. The van der Waals surface area contributed by atoms with Gasteiger partial charge in [-0.15, -0.1) is 0 Å². The number of aliphatic hydroxyl groups is 2. The van der Waals surface area contributed by atoms with E-state index in [0.717, 1.165) is 12.8 Å². The maximum Gasteiger partial charge on any atom is 0.101 e. The van der Waals surface area contributed by atoms with Crippen LogP contribution in [0, 0.1) is 0 Å². The van der Waals surface area contributed by atoms with E-state index in [-0.39, 0.29) is 25.4 Å². The van der Waals surface area contributed by atoms with Gasteiger partial charge in [-0.05, 0) is 20.3 Å². The van der Waals surface area contributed by atoms with E-state index < -0.39 is 6.10 Å². The molecule has 0 spiro atoms. The van der Waals surface area contributed by atoms with Crippen LogP contribution in [0.4, 0.5) is 0 Å². The van der Waals surface area contributed by atoms with E-state index in [1.807, 2.05) is 6.92 Å². The van der Waals surface area contributed by atoms with E-state index in [2.05, 4.69) is 6.92 Å². The SMILES string of the molecule is CCCCOCC(O)COC(C)COC(C)CO. The highest BCUT2D eigenvalue weighted by Crippen LogP contribution is 1.98. The minimum absolute atomic E-state index is 0.000609. The first kappa shape index (κ1) is 17.8. The van der Waals surface area contributed by atoms with Gasteiger partial charge in [0.25, 0.3) is 0 Å². The summed E-state index contributed by atoms with van der Waals surface area (Å²) in [5.41, 5.74) is 0. The molecule has 18 heavy (non-hydrogen) atoms. The Hall–Kier alpha value is -0.200. The lowest BCUT2D eigenvalue weighted by molar-refractivity contribution is -0.0775. The van der Waals surface area contributed by atoms with Crippen LogP contribution < -0.4 is 0 Å². The Kier molecular flexibility index (Phi) is 11.7. The molecule has 110 valence electrons. The molecule has 0 fully saturated rings. The Bertz CT molecular complexity index is 177. The molecular weight excluding hydrogens is 236 g/mol. The first-order valence-electron chi connectivity index (χ1n) is 6.70. The molecule has 0 rings (SSSR count). The van der Waals surface area contributed by atoms with Gasteiger partial charge in [0.2, 0.25) is 0 Å². The van der Waals surface area contributed by atoms with Crippen molar-refractivity contribution < 1.29 is 24.4 Å². The van der Waals surface area contributed by atoms with Gasteiger partial charge in [-0.25, -0.2) is 0 Å². The van der Waals surface area contributed by atoms with Gasteiger partial charge in [0, 0.05) is 6.61 Å². The van der Waals surface area contributed by atoms with Crippen molar-refractivity contribution in [3.8, 4) is 0 Å². The summed E-state index contributed by atoms with van der Waals surface area (Å²) in [7, 11) is 0. The van der Waals surface area contributed by atoms with Gasteiger partial charge in [-0.1, -0.05) is 13.3 Å². The summed E-state index contributed by atoms with van der Waals surface area (Å²) in [5.74, 6) is 0. The topological polar surface area (TPSA) is 68.2 Å². The molecule has 0 aromatic heterocycles. The van der Waals surface area contributed by atoms with E-state index in [9.17, 15) is 5.11 Å². The third kappa shape index (κ3) is 10.9. The predicted octanol–water partition coefficient (Wildman–Crippen LogP) is 0.966. The summed E-state index contributed by atoms with van der Waals surface area (Å²) in [6, 6.07) is 0. The van der Waals surface area contributed by atoms with Crippen molar-refractivity contribution in [2.75, 3.05) is 33.0 Å². The first-order valence-corrected chi connectivity index (χ1v) is 6.70. The van der Waals surface area contributed by atoms with Crippen molar-refractivity contribution in [3.05, 3.63) is 0 Å². The largest absolute Gasteiger partial charge is 0.394 e. The fourth-order valence-corrected chi connectivity index (χ4v) is 1.19. The standard InChI is InChI=1S/C13H28O5/c1-4-5-6-16-9-13(15)10-18-12(3)8-17-11(2)7-14/h11-15H,4-10H2,1-3H3. The number of rotatable bonds is 12. The number of unbranched alkanes of at least 4 members (excludes halogenated alkanes) is 1. The molecule has 5 nitrogen and oxygen atoms in total. The van der Waals surface area contributed by atoms with E-state index in [1.165, 1.54) is 0 Å². The van der Waals surface area contributed by atoms with Gasteiger partial charge >= 0.3 is 0 Å². The van der Waals surface area contributed by atoms with E-state index in [1.54, 1.807) is 6.92 Å². The molecule has 0 aromatic rings. The fourth-order valence-electron chi connectivity index (χ4n) is 1.19. The average molecular weight is 264 g/mol. The van der Waals surface area contributed by atoms with Crippen LogP contribution in [0.2, 0.25) is 0 Å². The second-order valence-corrected chi connectivity index (χ2v) is 4.55. The van der Waals surface area contributed by atoms with Crippen LogP contribution in [0.1, 0.15) is 33.6 Å². The quantitative estimate of drug-likeness (QED) is 0.514. The maximum atomic E-state index is 9.59. The van der Waals surface area contributed by atoms with Gasteiger partial charge in [0.05, 0.1) is 38.6 Å². The van der Waals surface area contributed by atoms with Crippen molar-refractivity contribution in [1.29, 1.82) is 0 Å². The first-order chi connectivity index (χ1) is 8.60. The second kappa shape index (κ2) is 11.9. The Labute approximate surface area is 110 Å². The summed E-state index contributed by atoms with van der Waals surface area (Å²) in [6.45, 7) is 7.40. The van der Waals surface area contributed by atoms with Crippen molar-refractivity contribution in [2.24, 2.45) is 0 Å². The number of ether oxygens (including phenoxy) is 3. The third-order valence-corrected chi connectivity index (χ3v) is 2.40. The molecule has 0 saturated carbocycles. The van der Waals surface area contributed by atoms with Gasteiger partial charge < -0.3 is 24.4 Å². The third-order valence-electron chi connectivity index (χ3n) is 2.40.